The van der Waals surface area contributed by atoms with E-state index in [1.165, 1.54) is 4.90 Å². The predicted octanol–water partition coefficient (Wildman–Crippen LogP) is 1.38. The summed E-state index contributed by atoms with van der Waals surface area (Å²) in [4.78, 5) is 40.3. The number of hydrogen-bond donors (Lipinski definition) is 2. The minimum Gasteiger partial charge on any atom is -0.444 e. The second kappa shape index (κ2) is 8.99. The van der Waals surface area contributed by atoms with E-state index in [0.717, 1.165) is 0 Å². The summed E-state index contributed by atoms with van der Waals surface area (Å²) in [6, 6.07) is -0.317. The van der Waals surface area contributed by atoms with Gasteiger partial charge in [0.2, 0.25) is 5.96 Å². The van der Waals surface area contributed by atoms with E-state index in [0.29, 0.717) is 19.5 Å². The van der Waals surface area contributed by atoms with Crippen LogP contribution in [-0.4, -0.2) is 53.9 Å². The van der Waals surface area contributed by atoms with E-state index in [1.54, 1.807) is 39.7 Å². The van der Waals surface area contributed by atoms with Crippen molar-refractivity contribution < 1.29 is 28.2 Å². The fourth-order valence-corrected chi connectivity index (χ4v) is 1.99. The van der Waals surface area contributed by atoms with Gasteiger partial charge in [-0.05, 0) is 27.2 Å². The molecule has 0 bridgehead atoms. The Morgan fingerprint density at radius 1 is 1.12 bits per heavy atom. The molecule has 0 spiro atoms. The zero-order chi connectivity index (χ0) is 18.3. The quantitative estimate of drug-likeness (QED) is 0.403. The molecule has 1 saturated heterocycles. The third kappa shape index (κ3) is 7.27. The van der Waals surface area contributed by atoms with Crippen molar-refractivity contribution in [2.45, 2.75) is 38.8 Å². The van der Waals surface area contributed by atoms with Crippen LogP contribution in [0.25, 0.3) is 0 Å². The normalized spacial score (nSPS) is 16.9. The number of likely N-dealkylation sites (tertiary alicyclic amines) is 1. The monoisotopic (exact) mass is 380 g/mol. The molecule has 0 aromatic heterocycles. The molecule has 3 amide bonds. The lowest BCUT2D eigenvalue weighted by molar-refractivity contribution is 0.0292. The van der Waals surface area contributed by atoms with E-state index < -0.39 is 23.9 Å². The summed E-state index contributed by atoms with van der Waals surface area (Å²) < 4.78 is 14.0. The largest absolute Gasteiger partial charge is 0.444 e. The molecule has 10 nitrogen and oxygen atoms in total. The Balaban J connectivity index is 2.71. The Morgan fingerprint density at radius 3 is 2.12 bits per heavy atom. The van der Waals surface area contributed by atoms with E-state index in [-0.39, 0.29) is 12.0 Å². The summed E-state index contributed by atoms with van der Waals surface area (Å²) in [5.41, 5.74) is -0.586. The molecule has 0 aromatic carbocycles. The van der Waals surface area contributed by atoms with Crippen LogP contribution in [0.4, 0.5) is 14.4 Å². The fourth-order valence-electron chi connectivity index (χ4n) is 1.87. The van der Waals surface area contributed by atoms with Crippen molar-refractivity contribution in [3.63, 3.8) is 0 Å². The van der Waals surface area contributed by atoms with Crippen LogP contribution in [0.3, 0.4) is 0 Å². The predicted molar refractivity (Wildman–Crippen MR) is 92.3 cm³/mol. The number of rotatable bonds is 1. The molecule has 0 radical (unpaired) electrons. The zero-order valence-electron chi connectivity index (χ0n) is 13.7. The van der Waals surface area contributed by atoms with Crippen LogP contribution in [0.15, 0.2) is 4.99 Å². The standard InChI is InChI=1S/C12H22N4O6P2/c1-12(2,3)20-11(19)16-5-4-7(6-16)13-8(14-9(17)21-23)15-10(18)22-24/h7H,4-6,23-24H2,1-3H3,(H2,13,14,15,17,18)/t7-/m0/s1. The van der Waals surface area contributed by atoms with Gasteiger partial charge in [0.1, 0.15) is 5.60 Å². The Kier molecular flexibility index (Phi) is 7.63. The topological polar surface area (TPSA) is 119 Å². The van der Waals surface area contributed by atoms with Gasteiger partial charge in [-0.15, -0.1) is 0 Å². The highest BCUT2D eigenvalue weighted by Gasteiger charge is 2.30. The number of nitrogens with zero attached hydrogens (tertiary/aromatic N) is 2. The molecule has 2 unspecified atom stereocenters. The summed E-state index contributed by atoms with van der Waals surface area (Å²) in [5.74, 6) is -0.133. The van der Waals surface area contributed by atoms with Gasteiger partial charge in [-0.25, -0.2) is 19.4 Å². The zero-order valence-corrected chi connectivity index (χ0v) is 16.0. The maximum Gasteiger partial charge on any atom is 0.416 e. The summed E-state index contributed by atoms with van der Waals surface area (Å²) in [6.07, 6.45) is -1.54. The maximum absolute atomic E-state index is 12.0. The summed E-state index contributed by atoms with van der Waals surface area (Å²) in [7, 11) is 3.54. The average molecular weight is 380 g/mol. The lowest BCUT2D eigenvalue weighted by atomic mass is 10.2. The van der Waals surface area contributed by atoms with Crippen LogP contribution < -0.4 is 10.6 Å². The lowest BCUT2D eigenvalue weighted by Crippen LogP contribution is -2.44. The van der Waals surface area contributed by atoms with Crippen molar-refractivity contribution in [2.75, 3.05) is 13.1 Å². The summed E-state index contributed by atoms with van der Waals surface area (Å²) in [5, 5.41) is 4.51. The highest BCUT2D eigenvalue weighted by molar-refractivity contribution is 7.11. The first-order chi connectivity index (χ1) is 11.1. The molecule has 0 saturated carbocycles. The highest BCUT2D eigenvalue weighted by Crippen LogP contribution is 2.17. The minimum atomic E-state index is -0.829. The van der Waals surface area contributed by atoms with Gasteiger partial charge in [0.25, 0.3) is 0 Å². The first-order valence-electron chi connectivity index (χ1n) is 7.05. The van der Waals surface area contributed by atoms with E-state index in [9.17, 15) is 14.4 Å². The van der Waals surface area contributed by atoms with Crippen molar-refractivity contribution >= 4 is 43.2 Å². The van der Waals surface area contributed by atoms with Crippen LogP contribution >= 0.6 is 18.9 Å². The number of nitrogens with one attached hydrogen (secondary N) is 2. The molecule has 1 fully saturated rings. The number of ether oxygens (including phenoxy) is 1. The Hall–Kier alpha value is -1.66. The van der Waals surface area contributed by atoms with Gasteiger partial charge in [-0.3, -0.25) is 10.6 Å². The molecule has 0 aliphatic carbocycles. The number of aliphatic imine (C=N–C) groups is 1. The second-order valence-corrected chi connectivity index (χ2v) is 6.38. The number of hydrogen-bond acceptors (Lipinski definition) is 7. The SMILES string of the molecule is CC(C)(C)OC(=O)N1CC[C@H](N=C(NC(=O)OP)NC(=O)OP)C1. The Bertz CT molecular complexity index is 502. The van der Waals surface area contributed by atoms with Crippen molar-refractivity contribution in [3.05, 3.63) is 0 Å². The number of carbonyl (C=O) groups excluding carboxylic acids is 3. The van der Waals surface area contributed by atoms with Gasteiger partial charge in [0.05, 0.1) is 25.0 Å². The van der Waals surface area contributed by atoms with Gasteiger partial charge in [-0.2, -0.15) is 0 Å². The molecular formula is C12H22N4O6P2. The molecule has 3 atom stereocenters. The molecule has 1 aliphatic rings. The highest BCUT2D eigenvalue weighted by atomic mass is 31.0. The lowest BCUT2D eigenvalue weighted by Gasteiger charge is -2.24. The molecule has 12 heteroatoms. The van der Waals surface area contributed by atoms with Gasteiger partial charge >= 0.3 is 18.3 Å². The van der Waals surface area contributed by atoms with Crippen LogP contribution in [-0.2, 0) is 13.8 Å². The van der Waals surface area contributed by atoms with E-state index >= 15 is 0 Å². The van der Waals surface area contributed by atoms with Crippen molar-refractivity contribution in [2.24, 2.45) is 4.99 Å². The third-order valence-electron chi connectivity index (χ3n) is 2.78. The third-order valence-corrected chi connectivity index (χ3v) is 3.21. The molecular weight excluding hydrogens is 358 g/mol. The van der Waals surface area contributed by atoms with Crippen LogP contribution in [0.5, 0.6) is 0 Å². The van der Waals surface area contributed by atoms with Crippen molar-refractivity contribution in [3.8, 4) is 0 Å². The second-order valence-electron chi connectivity index (χ2n) is 5.91. The molecule has 1 aliphatic heterocycles. The molecule has 2 N–H and O–H groups in total. The molecule has 136 valence electrons. The van der Waals surface area contributed by atoms with Crippen molar-refractivity contribution in [1.29, 1.82) is 0 Å². The molecule has 1 heterocycles. The average Bonchev–Trinajstić information content (AvgIpc) is 2.93. The summed E-state index contributed by atoms with van der Waals surface area (Å²) in [6.45, 7) is 6.11. The number of guanidine groups is 1. The summed E-state index contributed by atoms with van der Waals surface area (Å²) >= 11 is 0. The van der Waals surface area contributed by atoms with Gasteiger partial charge in [0, 0.05) is 13.1 Å². The fraction of sp³-hybridized carbons (Fsp3) is 0.667. The van der Waals surface area contributed by atoms with Crippen LogP contribution in [0.2, 0.25) is 0 Å². The smallest absolute Gasteiger partial charge is 0.416 e. The Morgan fingerprint density at radius 2 is 1.67 bits per heavy atom. The van der Waals surface area contributed by atoms with E-state index in [2.05, 4.69) is 24.7 Å². The van der Waals surface area contributed by atoms with Crippen molar-refractivity contribution in [1.82, 2.24) is 15.5 Å². The number of carbonyl (C=O) groups is 3. The van der Waals surface area contributed by atoms with Crippen LogP contribution in [0.1, 0.15) is 27.2 Å². The minimum absolute atomic E-state index is 0.133. The maximum atomic E-state index is 12.0. The molecule has 1 rings (SSSR count). The first-order valence-corrected chi connectivity index (χ1v) is 8.00. The van der Waals surface area contributed by atoms with Gasteiger partial charge in [0.15, 0.2) is 0 Å². The first kappa shape index (κ1) is 20.4. The molecule has 24 heavy (non-hydrogen) atoms. The van der Waals surface area contributed by atoms with Gasteiger partial charge < -0.3 is 18.7 Å². The van der Waals surface area contributed by atoms with Gasteiger partial charge in [-0.1, -0.05) is 0 Å². The van der Waals surface area contributed by atoms with E-state index in [4.69, 9.17) is 4.74 Å². The number of amides is 3. The van der Waals surface area contributed by atoms with Crippen LogP contribution in [0, 0.1) is 0 Å². The van der Waals surface area contributed by atoms with E-state index in [1.807, 2.05) is 0 Å². The molecule has 0 aromatic rings. The Labute approximate surface area is 144 Å².